The Morgan fingerprint density at radius 2 is 1.81 bits per heavy atom. The maximum atomic E-state index is 12.8. The minimum atomic E-state index is 0.201. The second kappa shape index (κ2) is 8.18. The van der Waals surface area contributed by atoms with E-state index >= 15 is 0 Å². The van der Waals surface area contributed by atoms with Crippen LogP contribution in [-0.2, 0) is 6.42 Å². The van der Waals surface area contributed by atoms with Gasteiger partial charge in [0.2, 0.25) is 0 Å². The van der Waals surface area contributed by atoms with E-state index in [2.05, 4.69) is 36.2 Å². The monoisotopic (exact) mass is 288 g/mol. The number of nitrogens with zero attached hydrogens (tertiary/aromatic N) is 1. The summed E-state index contributed by atoms with van der Waals surface area (Å²) in [5, 5.41) is 3.37. The third-order valence-electron chi connectivity index (χ3n) is 4.21. The van der Waals surface area contributed by atoms with Gasteiger partial charge in [0.25, 0.3) is 5.91 Å². The van der Waals surface area contributed by atoms with Gasteiger partial charge in [-0.25, -0.2) is 0 Å². The van der Waals surface area contributed by atoms with Crippen molar-refractivity contribution in [3.05, 3.63) is 35.4 Å². The van der Waals surface area contributed by atoms with Crippen molar-refractivity contribution >= 4 is 5.91 Å². The van der Waals surface area contributed by atoms with E-state index in [1.165, 1.54) is 5.56 Å². The number of amides is 1. The van der Waals surface area contributed by atoms with Crippen LogP contribution in [0.4, 0.5) is 0 Å². The van der Waals surface area contributed by atoms with Crippen molar-refractivity contribution in [2.45, 2.75) is 52.0 Å². The molecule has 1 amide bonds. The Hall–Kier alpha value is -1.35. The third-order valence-corrected chi connectivity index (χ3v) is 4.21. The first-order chi connectivity index (χ1) is 10.3. The lowest BCUT2D eigenvalue weighted by Gasteiger charge is -2.34. The molecule has 1 aliphatic rings. The Bertz CT molecular complexity index is 435. The molecule has 1 N–H and O–H groups in total. The number of piperidine rings is 1. The van der Waals surface area contributed by atoms with Crippen LogP contribution in [0, 0.1) is 0 Å². The van der Waals surface area contributed by atoms with Crippen molar-refractivity contribution in [1.29, 1.82) is 0 Å². The molecule has 0 radical (unpaired) electrons. The molecule has 1 heterocycles. The van der Waals surface area contributed by atoms with Gasteiger partial charge in [0.1, 0.15) is 0 Å². The molecule has 3 nitrogen and oxygen atoms in total. The predicted octanol–water partition coefficient (Wildman–Crippen LogP) is 3.24. The van der Waals surface area contributed by atoms with Crippen LogP contribution in [0.2, 0.25) is 0 Å². The van der Waals surface area contributed by atoms with Crippen LogP contribution < -0.4 is 5.32 Å². The van der Waals surface area contributed by atoms with Crippen molar-refractivity contribution in [2.24, 2.45) is 0 Å². The zero-order chi connectivity index (χ0) is 15.1. The van der Waals surface area contributed by atoms with E-state index in [1.807, 2.05) is 12.1 Å². The number of rotatable bonds is 6. The number of nitrogens with one attached hydrogen (secondary N) is 1. The summed E-state index contributed by atoms with van der Waals surface area (Å²) in [4.78, 5) is 14.9. The second-order valence-electron chi connectivity index (χ2n) is 5.93. The molecule has 0 spiro atoms. The number of hydrogen-bond acceptors (Lipinski definition) is 2. The lowest BCUT2D eigenvalue weighted by molar-refractivity contribution is 0.0642. The van der Waals surface area contributed by atoms with Gasteiger partial charge < -0.3 is 10.2 Å². The quantitative estimate of drug-likeness (QED) is 0.871. The predicted molar refractivity (Wildman–Crippen MR) is 87.7 cm³/mol. The van der Waals surface area contributed by atoms with Crippen LogP contribution in [0.1, 0.15) is 55.5 Å². The highest BCUT2D eigenvalue weighted by atomic mass is 16.2. The molecule has 0 unspecified atom stereocenters. The largest absolute Gasteiger partial charge is 0.336 e. The van der Waals surface area contributed by atoms with Gasteiger partial charge in [-0.2, -0.15) is 0 Å². The number of carbonyl (C=O) groups excluding carboxylic acids is 1. The SMILES string of the molecule is CCCc1ccc(C(=O)N(CCC)C2CCNCC2)cc1. The van der Waals surface area contributed by atoms with Crippen LogP contribution in [-0.4, -0.2) is 36.5 Å². The van der Waals surface area contributed by atoms with Gasteiger partial charge >= 0.3 is 0 Å². The maximum absolute atomic E-state index is 12.8. The van der Waals surface area contributed by atoms with Crippen molar-refractivity contribution in [1.82, 2.24) is 10.2 Å². The molecule has 0 atom stereocenters. The van der Waals surface area contributed by atoms with Crippen LogP contribution >= 0.6 is 0 Å². The Morgan fingerprint density at radius 1 is 1.14 bits per heavy atom. The van der Waals surface area contributed by atoms with Gasteiger partial charge in [-0.3, -0.25) is 4.79 Å². The summed E-state index contributed by atoms with van der Waals surface area (Å²) in [6.07, 6.45) is 5.38. The molecule has 1 aromatic carbocycles. The lowest BCUT2D eigenvalue weighted by Crippen LogP contribution is -2.46. The molecule has 0 saturated carbocycles. The average molecular weight is 288 g/mol. The average Bonchev–Trinajstić information content (AvgIpc) is 2.54. The molecule has 3 heteroatoms. The Morgan fingerprint density at radius 3 is 2.38 bits per heavy atom. The van der Waals surface area contributed by atoms with Crippen LogP contribution in [0.3, 0.4) is 0 Å². The first-order valence-electron chi connectivity index (χ1n) is 8.36. The van der Waals surface area contributed by atoms with E-state index in [9.17, 15) is 4.79 Å². The topological polar surface area (TPSA) is 32.3 Å². The van der Waals surface area contributed by atoms with Gasteiger partial charge in [-0.1, -0.05) is 32.4 Å². The Balaban J connectivity index is 2.09. The van der Waals surface area contributed by atoms with Crippen molar-refractivity contribution < 1.29 is 4.79 Å². The zero-order valence-electron chi connectivity index (χ0n) is 13.4. The minimum absolute atomic E-state index is 0.201. The van der Waals surface area contributed by atoms with Crippen molar-refractivity contribution in [3.8, 4) is 0 Å². The molecule has 1 fully saturated rings. The zero-order valence-corrected chi connectivity index (χ0v) is 13.4. The highest BCUT2D eigenvalue weighted by Gasteiger charge is 2.25. The number of carbonyl (C=O) groups is 1. The summed E-state index contributed by atoms with van der Waals surface area (Å²) in [5.74, 6) is 0.201. The fourth-order valence-corrected chi connectivity index (χ4v) is 3.08. The molecule has 0 aromatic heterocycles. The molecule has 0 bridgehead atoms. The normalized spacial score (nSPS) is 15.9. The van der Waals surface area contributed by atoms with Gasteiger partial charge in [-0.05, 0) is 56.5 Å². The van der Waals surface area contributed by atoms with E-state index in [-0.39, 0.29) is 5.91 Å². The molecule has 2 rings (SSSR count). The summed E-state index contributed by atoms with van der Waals surface area (Å²) < 4.78 is 0. The minimum Gasteiger partial charge on any atom is -0.336 e. The Labute approximate surface area is 128 Å². The summed E-state index contributed by atoms with van der Waals surface area (Å²) in [7, 11) is 0. The fourth-order valence-electron chi connectivity index (χ4n) is 3.08. The smallest absolute Gasteiger partial charge is 0.254 e. The molecule has 1 saturated heterocycles. The first-order valence-corrected chi connectivity index (χ1v) is 8.36. The molecule has 21 heavy (non-hydrogen) atoms. The number of hydrogen-bond donors (Lipinski definition) is 1. The summed E-state index contributed by atoms with van der Waals surface area (Å²) >= 11 is 0. The van der Waals surface area contributed by atoms with E-state index in [0.717, 1.165) is 57.3 Å². The lowest BCUT2D eigenvalue weighted by atomic mass is 10.0. The van der Waals surface area contributed by atoms with Gasteiger partial charge in [0.15, 0.2) is 0 Å². The van der Waals surface area contributed by atoms with Gasteiger partial charge in [0.05, 0.1) is 0 Å². The third kappa shape index (κ3) is 4.31. The van der Waals surface area contributed by atoms with Gasteiger partial charge in [0, 0.05) is 18.2 Å². The maximum Gasteiger partial charge on any atom is 0.254 e. The van der Waals surface area contributed by atoms with E-state index in [1.54, 1.807) is 0 Å². The molecular formula is C18H28N2O. The molecule has 116 valence electrons. The molecule has 1 aromatic rings. The highest BCUT2D eigenvalue weighted by Crippen LogP contribution is 2.17. The van der Waals surface area contributed by atoms with Crippen LogP contribution in [0.25, 0.3) is 0 Å². The summed E-state index contributed by atoms with van der Waals surface area (Å²) in [5.41, 5.74) is 2.15. The number of benzene rings is 1. The van der Waals surface area contributed by atoms with Crippen molar-refractivity contribution in [3.63, 3.8) is 0 Å². The molecule has 0 aliphatic carbocycles. The summed E-state index contributed by atoms with van der Waals surface area (Å²) in [6.45, 7) is 7.23. The van der Waals surface area contributed by atoms with E-state index in [4.69, 9.17) is 0 Å². The highest BCUT2D eigenvalue weighted by molar-refractivity contribution is 5.94. The van der Waals surface area contributed by atoms with E-state index < -0.39 is 0 Å². The van der Waals surface area contributed by atoms with Crippen molar-refractivity contribution in [2.75, 3.05) is 19.6 Å². The van der Waals surface area contributed by atoms with Gasteiger partial charge in [-0.15, -0.1) is 0 Å². The van der Waals surface area contributed by atoms with E-state index in [0.29, 0.717) is 6.04 Å². The number of aryl methyl sites for hydroxylation is 1. The Kier molecular flexibility index (Phi) is 6.24. The molecule has 1 aliphatic heterocycles. The first kappa shape index (κ1) is 16.0. The molecular weight excluding hydrogens is 260 g/mol. The van der Waals surface area contributed by atoms with Crippen LogP contribution in [0.5, 0.6) is 0 Å². The standard InChI is InChI=1S/C18H28N2O/c1-3-5-15-6-8-16(9-7-15)18(21)20(14-4-2)17-10-12-19-13-11-17/h6-9,17,19H,3-5,10-14H2,1-2H3. The summed E-state index contributed by atoms with van der Waals surface area (Å²) in [6, 6.07) is 8.59. The fraction of sp³-hybridized carbons (Fsp3) is 0.611. The van der Waals surface area contributed by atoms with Crippen LogP contribution in [0.15, 0.2) is 24.3 Å². The second-order valence-corrected chi connectivity index (χ2v) is 5.93.